The van der Waals surface area contributed by atoms with Crippen LogP contribution >= 0.6 is 0 Å². The third kappa shape index (κ3) is 1.10. The van der Waals surface area contributed by atoms with Crippen molar-refractivity contribution < 1.29 is 19.1 Å². The summed E-state index contributed by atoms with van der Waals surface area (Å²) in [5, 5.41) is 0. The molecular weight excluding hydrogens is 244 g/mol. The Morgan fingerprint density at radius 1 is 1.37 bits per heavy atom. The Kier molecular flexibility index (Phi) is 1.81. The van der Waals surface area contributed by atoms with Gasteiger partial charge < -0.3 is 9.47 Å². The van der Waals surface area contributed by atoms with E-state index in [2.05, 4.69) is 6.58 Å². The Balaban J connectivity index is 1.89. The van der Waals surface area contributed by atoms with Crippen LogP contribution in [0.1, 0.15) is 33.1 Å². The van der Waals surface area contributed by atoms with Crippen molar-refractivity contribution in [1.29, 1.82) is 0 Å². The van der Waals surface area contributed by atoms with E-state index in [0.29, 0.717) is 24.8 Å². The summed E-state index contributed by atoms with van der Waals surface area (Å²) in [4.78, 5) is 23.7. The van der Waals surface area contributed by atoms with E-state index in [-0.39, 0.29) is 23.8 Å². The minimum absolute atomic E-state index is 0.141. The first kappa shape index (κ1) is 11.4. The van der Waals surface area contributed by atoms with Crippen LogP contribution < -0.4 is 0 Å². The Morgan fingerprint density at radius 3 is 2.84 bits per heavy atom. The van der Waals surface area contributed by atoms with Crippen LogP contribution in [-0.2, 0) is 19.1 Å². The fraction of sp³-hybridized carbons (Fsp3) is 0.600. The first-order valence-electron chi connectivity index (χ1n) is 6.71. The number of allylic oxidation sites excluding steroid dienone is 1. The second-order valence-electron chi connectivity index (χ2n) is 6.39. The third-order valence-electron chi connectivity index (χ3n) is 5.43. The smallest absolute Gasteiger partial charge is 0.336 e. The molecule has 0 aromatic carbocycles. The average molecular weight is 260 g/mol. The minimum atomic E-state index is -0.719. The highest BCUT2D eigenvalue weighted by Gasteiger charge is 2.69. The fourth-order valence-corrected chi connectivity index (χ4v) is 4.32. The Hall–Kier alpha value is -1.42. The number of ketones is 1. The van der Waals surface area contributed by atoms with Gasteiger partial charge in [0.05, 0.1) is 11.2 Å². The normalized spacial score (nSPS) is 47.6. The highest BCUT2D eigenvalue weighted by Crippen LogP contribution is 2.61. The summed E-state index contributed by atoms with van der Waals surface area (Å²) in [6.07, 6.45) is 1.53. The Bertz CT molecular complexity index is 587. The Labute approximate surface area is 111 Å². The van der Waals surface area contributed by atoms with Crippen LogP contribution in [0.25, 0.3) is 0 Å². The SMILES string of the molecule is C=C1C(=O)OC2CC3(C)OC12CC1=C(C)C(=O)CC13. The number of ether oxygens (including phenoxy) is 2. The summed E-state index contributed by atoms with van der Waals surface area (Å²) < 4.78 is 11.7. The van der Waals surface area contributed by atoms with Crippen LogP contribution in [0, 0.1) is 5.92 Å². The second kappa shape index (κ2) is 3.01. The highest BCUT2D eigenvalue weighted by molar-refractivity contribution is 5.99. The molecule has 2 bridgehead atoms. The molecule has 1 aliphatic carbocycles. The van der Waals surface area contributed by atoms with E-state index >= 15 is 0 Å². The molecule has 0 N–H and O–H groups in total. The van der Waals surface area contributed by atoms with Crippen molar-refractivity contribution in [1.82, 2.24) is 0 Å². The molecule has 4 aliphatic rings. The number of carbonyl (C=O) groups is 2. The summed E-state index contributed by atoms with van der Waals surface area (Å²) in [6.45, 7) is 7.79. The number of hydrogen-bond acceptors (Lipinski definition) is 4. The largest absolute Gasteiger partial charge is 0.455 e. The molecule has 4 atom stereocenters. The van der Waals surface area contributed by atoms with Crippen LogP contribution in [0.5, 0.6) is 0 Å². The zero-order chi connectivity index (χ0) is 13.6. The maximum Gasteiger partial charge on any atom is 0.336 e. The molecule has 0 radical (unpaired) electrons. The molecule has 0 aromatic heterocycles. The minimum Gasteiger partial charge on any atom is -0.455 e. The quantitative estimate of drug-likeness (QED) is 0.491. The fourth-order valence-electron chi connectivity index (χ4n) is 4.32. The first-order chi connectivity index (χ1) is 8.87. The van der Waals surface area contributed by atoms with E-state index in [0.717, 1.165) is 11.1 Å². The van der Waals surface area contributed by atoms with Gasteiger partial charge in [0.2, 0.25) is 0 Å². The van der Waals surface area contributed by atoms with E-state index in [1.165, 1.54) is 0 Å². The van der Waals surface area contributed by atoms with Crippen molar-refractivity contribution in [3.05, 3.63) is 23.3 Å². The van der Waals surface area contributed by atoms with Gasteiger partial charge in [-0.05, 0) is 19.4 Å². The lowest BCUT2D eigenvalue weighted by atomic mass is 9.78. The zero-order valence-corrected chi connectivity index (χ0v) is 11.1. The molecule has 4 rings (SSSR count). The predicted octanol–water partition coefficient (Wildman–Crippen LogP) is 1.70. The molecule has 0 saturated carbocycles. The number of esters is 1. The van der Waals surface area contributed by atoms with Crippen molar-refractivity contribution in [3.63, 3.8) is 0 Å². The van der Waals surface area contributed by atoms with Gasteiger partial charge in [0.15, 0.2) is 5.78 Å². The highest BCUT2D eigenvalue weighted by atomic mass is 16.6. The van der Waals surface area contributed by atoms with Gasteiger partial charge in [0, 0.05) is 25.2 Å². The van der Waals surface area contributed by atoms with Crippen LogP contribution in [0.2, 0.25) is 0 Å². The summed E-state index contributed by atoms with van der Waals surface area (Å²) in [5.74, 6) is -0.00279. The van der Waals surface area contributed by atoms with Crippen LogP contribution in [0.15, 0.2) is 23.3 Å². The van der Waals surface area contributed by atoms with E-state index in [1.807, 2.05) is 13.8 Å². The van der Waals surface area contributed by atoms with Crippen molar-refractivity contribution in [2.45, 2.75) is 50.4 Å². The topological polar surface area (TPSA) is 52.6 Å². The van der Waals surface area contributed by atoms with E-state index in [9.17, 15) is 9.59 Å². The van der Waals surface area contributed by atoms with E-state index in [4.69, 9.17) is 9.47 Å². The van der Waals surface area contributed by atoms with Crippen molar-refractivity contribution in [2.24, 2.45) is 5.92 Å². The summed E-state index contributed by atoms with van der Waals surface area (Å²) in [5.41, 5.74) is 1.30. The van der Waals surface area contributed by atoms with E-state index in [1.54, 1.807) is 0 Å². The lowest BCUT2D eigenvalue weighted by molar-refractivity contribution is -0.139. The first-order valence-corrected chi connectivity index (χ1v) is 6.71. The van der Waals surface area contributed by atoms with Gasteiger partial charge in [-0.2, -0.15) is 0 Å². The van der Waals surface area contributed by atoms with Crippen molar-refractivity contribution in [3.8, 4) is 0 Å². The molecule has 19 heavy (non-hydrogen) atoms. The molecule has 100 valence electrons. The van der Waals surface area contributed by atoms with Crippen LogP contribution in [-0.4, -0.2) is 29.1 Å². The number of carbonyl (C=O) groups excluding carboxylic acids is 2. The molecule has 3 fully saturated rings. The molecule has 1 spiro atoms. The maximum absolute atomic E-state index is 12.0. The monoisotopic (exact) mass is 260 g/mol. The summed E-state index contributed by atoms with van der Waals surface area (Å²) >= 11 is 0. The molecule has 0 aromatic rings. The molecule has 0 amide bonds. The van der Waals surface area contributed by atoms with Gasteiger partial charge in [-0.1, -0.05) is 12.2 Å². The van der Waals surface area contributed by atoms with Gasteiger partial charge in [-0.3, -0.25) is 4.79 Å². The number of fused-ring (bicyclic) bond motifs is 3. The van der Waals surface area contributed by atoms with E-state index < -0.39 is 11.2 Å². The standard InChI is InChI=1S/C15H16O4/c1-7-9-5-15-8(2)13(17)18-12(15)6-14(3,19-15)10(9)4-11(7)16/h10,12H,2,4-6H2,1,3H3. The number of hydrogen-bond donors (Lipinski definition) is 0. The zero-order valence-electron chi connectivity index (χ0n) is 11.1. The molecular formula is C15H16O4. The molecule has 4 nitrogen and oxygen atoms in total. The predicted molar refractivity (Wildman–Crippen MR) is 66.3 cm³/mol. The van der Waals surface area contributed by atoms with Crippen LogP contribution in [0.3, 0.4) is 0 Å². The average Bonchev–Trinajstić information content (AvgIpc) is 2.84. The second-order valence-corrected chi connectivity index (χ2v) is 6.39. The Morgan fingerprint density at radius 2 is 2.11 bits per heavy atom. The van der Waals surface area contributed by atoms with Gasteiger partial charge in [0.1, 0.15) is 11.7 Å². The lowest BCUT2D eigenvalue weighted by Gasteiger charge is -2.42. The van der Waals surface area contributed by atoms with Gasteiger partial charge in [-0.25, -0.2) is 4.79 Å². The lowest BCUT2D eigenvalue weighted by Crippen LogP contribution is -2.47. The van der Waals surface area contributed by atoms with Crippen molar-refractivity contribution >= 4 is 11.8 Å². The van der Waals surface area contributed by atoms with Gasteiger partial charge in [0.25, 0.3) is 0 Å². The van der Waals surface area contributed by atoms with Crippen molar-refractivity contribution in [2.75, 3.05) is 0 Å². The number of rotatable bonds is 0. The summed E-state index contributed by atoms with van der Waals surface area (Å²) in [6, 6.07) is 0. The third-order valence-corrected chi connectivity index (χ3v) is 5.43. The number of Topliss-reactive ketones (excluding diaryl/α,β-unsaturated/α-hetero) is 1. The van der Waals surface area contributed by atoms with Crippen LogP contribution in [0.4, 0.5) is 0 Å². The molecule has 4 unspecified atom stereocenters. The molecule has 4 heteroatoms. The summed E-state index contributed by atoms with van der Waals surface area (Å²) in [7, 11) is 0. The molecule has 3 aliphatic heterocycles. The van der Waals surface area contributed by atoms with Gasteiger partial charge >= 0.3 is 5.97 Å². The molecule has 3 saturated heterocycles. The molecule has 3 heterocycles. The van der Waals surface area contributed by atoms with Gasteiger partial charge in [-0.15, -0.1) is 0 Å². The maximum atomic E-state index is 12.0.